The number of rotatable bonds is 3. The Morgan fingerprint density at radius 3 is 2.62 bits per heavy atom. The van der Waals surface area contributed by atoms with E-state index in [9.17, 15) is 8.42 Å². The van der Waals surface area contributed by atoms with E-state index in [0.29, 0.717) is 30.2 Å². The van der Waals surface area contributed by atoms with Gasteiger partial charge in [0, 0.05) is 17.6 Å². The Balaban J connectivity index is 1.73. The van der Waals surface area contributed by atoms with Crippen LogP contribution in [0.5, 0.6) is 17.2 Å². The summed E-state index contributed by atoms with van der Waals surface area (Å²) >= 11 is 0. The maximum absolute atomic E-state index is 12.6. The molecule has 0 radical (unpaired) electrons. The molecule has 2 aromatic carbocycles. The van der Waals surface area contributed by atoms with Gasteiger partial charge in [0.2, 0.25) is 0 Å². The second-order valence-electron chi connectivity index (χ2n) is 5.17. The molecule has 1 aliphatic heterocycles. The molecule has 1 aliphatic rings. The molecule has 3 aromatic rings. The normalized spacial score (nSPS) is 13.7. The van der Waals surface area contributed by atoms with E-state index in [1.54, 1.807) is 30.5 Å². The minimum Gasteiger partial charge on any atom is -0.486 e. The molecular formula is C17H13NO5S. The quantitative estimate of drug-likeness (QED) is 0.681. The van der Waals surface area contributed by atoms with Gasteiger partial charge in [-0.15, -0.1) is 0 Å². The van der Waals surface area contributed by atoms with Gasteiger partial charge < -0.3 is 13.7 Å². The van der Waals surface area contributed by atoms with E-state index < -0.39 is 10.1 Å². The lowest BCUT2D eigenvalue weighted by Crippen LogP contribution is -2.16. The van der Waals surface area contributed by atoms with Crippen LogP contribution in [0.15, 0.2) is 59.6 Å². The molecule has 122 valence electrons. The zero-order valence-corrected chi connectivity index (χ0v) is 13.3. The first kappa shape index (κ1) is 14.8. The van der Waals surface area contributed by atoms with E-state index in [0.717, 1.165) is 5.39 Å². The lowest BCUT2D eigenvalue weighted by Gasteiger charge is -2.18. The Kier molecular flexibility index (Phi) is 3.50. The molecule has 0 bridgehead atoms. The minimum absolute atomic E-state index is 0.000292. The van der Waals surface area contributed by atoms with E-state index in [-0.39, 0.29) is 10.6 Å². The molecule has 2 heterocycles. The summed E-state index contributed by atoms with van der Waals surface area (Å²) in [7, 11) is -4.01. The van der Waals surface area contributed by atoms with Crippen molar-refractivity contribution >= 4 is 21.0 Å². The van der Waals surface area contributed by atoms with Crippen molar-refractivity contribution in [2.45, 2.75) is 4.90 Å². The van der Waals surface area contributed by atoms with Crippen LogP contribution in [0.4, 0.5) is 0 Å². The van der Waals surface area contributed by atoms with Gasteiger partial charge in [0.1, 0.15) is 23.6 Å². The highest BCUT2D eigenvalue weighted by Gasteiger charge is 2.22. The van der Waals surface area contributed by atoms with Crippen LogP contribution in [0.1, 0.15) is 0 Å². The van der Waals surface area contributed by atoms with Crippen LogP contribution in [-0.4, -0.2) is 26.6 Å². The van der Waals surface area contributed by atoms with Gasteiger partial charge in [-0.2, -0.15) is 8.42 Å². The molecule has 7 heteroatoms. The van der Waals surface area contributed by atoms with Crippen molar-refractivity contribution in [3.63, 3.8) is 0 Å². The molecule has 0 spiro atoms. The second kappa shape index (κ2) is 5.68. The maximum Gasteiger partial charge on any atom is 0.339 e. The number of aromatic nitrogens is 1. The van der Waals surface area contributed by atoms with Crippen LogP contribution < -0.4 is 13.7 Å². The third-order valence-electron chi connectivity index (χ3n) is 3.60. The van der Waals surface area contributed by atoms with E-state index in [2.05, 4.69) is 4.98 Å². The number of benzene rings is 2. The van der Waals surface area contributed by atoms with Crippen molar-refractivity contribution in [2.24, 2.45) is 0 Å². The minimum atomic E-state index is -4.01. The number of para-hydroxylation sites is 1. The van der Waals surface area contributed by atoms with Gasteiger partial charge in [0.05, 0.1) is 0 Å². The molecule has 0 fully saturated rings. The largest absolute Gasteiger partial charge is 0.486 e. The third kappa shape index (κ3) is 2.63. The average Bonchev–Trinajstić information content (AvgIpc) is 2.61. The Labute approximate surface area is 138 Å². The zero-order valence-electron chi connectivity index (χ0n) is 12.5. The first-order valence-electron chi connectivity index (χ1n) is 7.31. The standard InChI is InChI=1S/C17H13NO5S/c19-24(20,13-6-7-14-16(11-13)22-10-9-21-14)23-15-5-1-3-12-4-2-8-18-17(12)15/h1-8,11H,9-10H2. The lowest BCUT2D eigenvalue weighted by atomic mass is 10.2. The van der Waals surface area contributed by atoms with Crippen LogP contribution in [0.3, 0.4) is 0 Å². The molecule has 0 amide bonds. The van der Waals surface area contributed by atoms with Gasteiger partial charge in [0.15, 0.2) is 17.2 Å². The summed E-state index contributed by atoms with van der Waals surface area (Å²) in [5.74, 6) is 1.09. The summed E-state index contributed by atoms with van der Waals surface area (Å²) in [6, 6.07) is 13.2. The fourth-order valence-electron chi connectivity index (χ4n) is 2.49. The fraction of sp³-hybridized carbons (Fsp3) is 0.118. The SMILES string of the molecule is O=S(=O)(Oc1cccc2cccnc12)c1ccc2c(c1)OCCO2. The molecule has 24 heavy (non-hydrogen) atoms. The van der Waals surface area contributed by atoms with Gasteiger partial charge in [-0.3, -0.25) is 4.98 Å². The number of fused-ring (bicyclic) bond motifs is 2. The number of nitrogens with zero attached hydrogens (tertiary/aromatic N) is 1. The smallest absolute Gasteiger partial charge is 0.339 e. The van der Waals surface area contributed by atoms with Gasteiger partial charge in [-0.1, -0.05) is 18.2 Å². The highest BCUT2D eigenvalue weighted by atomic mass is 32.2. The van der Waals surface area contributed by atoms with E-state index in [1.165, 1.54) is 12.1 Å². The van der Waals surface area contributed by atoms with Crippen LogP contribution in [-0.2, 0) is 10.1 Å². The van der Waals surface area contributed by atoms with Crippen LogP contribution >= 0.6 is 0 Å². The predicted molar refractivity (Wildman–Crippen MR) is 87.0 cm³/mol. The van der Waals surface area contributed by atoms with Crippen molar-refractivity contribution in [2.75, 3.05) is 13.2 Å². The van der Waals surface area contributed by atoms with Crippen molar-refractivity contribution in [3.8, 4) is 17.2 Å². The number of hydrogen-bond acceptors (Lipinski definition) is 6. The highest BCUT2D eigenvalue weighted by Crippen LogP contribution is 2.33. The molecule has 1 aromatic heterocycles. The topological polar surface area (TPSA) is 74.7 Å². The lowest BCUT2D eigenvalue weighted by molar-refractivity contribution is 0.171. The zero-order chi connectivity index (χ0) is 16.6. The van der Waals surface area contributed by atoms with Crippen molar-refractivity contribution in [1.82, 2.24) is 4.98 Å². The van der Waals surface area contributed by atoms with Gasteiger partial charge in [0.25, 0.3) is 0 Å². The summed E-state index contributed by atoms with van der Waals surface area (Å²) in [5.41, 5.74) is 0.487. The highest BCUT2D eigenvalue weighted by molar-refractivity contribution is 7.87. The van der Waals surface area contributed by atoms with Crippen LogP contribution in [0.2, 0.25) is 0 Å². The van der Waals surface area contributed by atoms with Crippen molar-refractivity contribution in [3.05, 3.63) is 54.7 Å². The van der Waals surface area contributed by atoms with Crippen molar-refractivity contribution < 1.29 is 22.1 Å². The molecule has 0 saturated carbocycles. The Morgan fingerprint density at radius 1 is 0.958 bits per heavy atom. The number of ether oxygens (including phenoxy) is 2. The predicted octanol–water partition coefficient (Wildman–Crippen LogP) is 2.77. The van der Waals surface area contributed by atoms with E-state index in [4.69, 9.17) is 13.7 Å². The molecule has 0 saturated heterocycles. The molecule has 0 unspecified atom stereocenters. The number of hydrogen-bond donors (Lipinski definition) is 0. The van der Waals surface area contributed by atoms with Crippen molar-refractivity contribution in [1.29, 1.82) is 0 Å². The monoisotopic (exact) mass is 343 g/mol. The third-order valence-corrected chi connectivity index (χ3v) is 4.83. The van der Waals surface area contributed by atoms with Crippen LogP contribution in [0.25, 0.3) is 10.9 Å². The Morgan fingerprint density at radius 2 is 1.75 bits per heavy atom. The maximum atomic E-state index is 12.6. The van der Waals surface area contributed by atoms with E-state index in [1.807, 2.05) is 12.1 Å². The molecule has 4 rings (SSSR count). The van der Waals surface area contributed by atoms with Gasteiger partial charge in [-0.25, -0.2) is 0 Å². The summed E-state index contributed by atoms with van der Waals surface area (Å²) in [6.07, 6.45) is 1.59. The van der Waals surface area contributed by atoms with E-state index >= 15 is 0 Å². The summed E-state index contributed by atoms with van der Waals surface area (Å²) in [4.78, 5) is 4.19. The van der Waals surface area contributed by atoms with Gasteiger partial charge >= 0.3 is 10.1 Å². The molecule has 0 atom stereocenters. The molecule has 6 nitrogen and oxygen atoms in total. The average molecular weight is 343 g/mol. The first-order valence-corrected chi connectivity index (χ1v) is 8.72. The van der Waals surface area contributed by atoms with Crippen LogP contribution in [0, 0.1) is 0 Å². The van der Waals surface area contributed by atoms with Gasteiger partial charge in [-0.05, 0) is 24.3 Å². The fourth-order valence-corrected chi connectivity index (χ4v) is 3.44. The summed E-state index contributed by atoms with van der Waals surface area (Å²) in [6.45, 7) is 0.821. The summed E-state index contributed by atoms with van der Waals surface area (Å²) < 4.78 is 41.3. The second-order valence-corrected chi connectivity index (χ2v) is 6.72. The molecular weight excluding hydrogens is 330 g/mol. The Bertz CT molecular complexity index is 1010. The summed E-state index contributed by atoms with van der Waals surface area (Å²) in [5, 5.41) is 0.798. The molecule has 0 N–H and O–H groups in total. The number of pyridine rings is 1. The molecule has 0 aliphatic carbocycles. The first-order chi connectivity index (χ1) is 11.6. The Hall–Kier alpha value is -2.80.